The standard InChI is InChI=1S/C10H12N2/c11-8-4-5-9-7(6-8)2-1-3-10(9)12/h1-3,11H,4-6,12H2. The molecule has 0 atom stereocenters. The Balaban J connectivity index is 2.48. The zero-order valence-electron chi connectivity index (χ0n) is 6.93. The van der Waals surface area contributed by atoms with Crippen molar-refractivity contribution in [3.8, 4) is 0 Å². The van der Waals surface area contributed by atoms with Crippen molar-refractivity contribution in [1.82, 2.24) is 0 Å². The van der Waals surface area contributed by atoms with Crippen molar-refractivity contribution in [2.75, 3.05) is 5.73 Å². The Bertz CT molecular complexity index is 329. The lowest BCUT2D eigenvalue weighted by atomic mass is 9.89. The Morgan fingerprint density at radius 1 is 1.25 bits per heavy atom. The van der Waals surface area contributed by atoms with Gasteiger partial charge in [0.15, 0.2) is 0 Å². The largest absolute Gasteiger partial charge is 0.398 e. The van der Waals surface area contributed by atoms with Crippen LogP contribution in [0.25, 0.3) is 0 Å². The number of nitrogen functional groups attached to an aromatic ring is 1. The van der Waals surface area contributed by atoms with Crippen LogP contribution in [-0.4, -0.2) is 5.71 Å². The summed E-state index contributed by atoms with van der Waals surface area (Å²) in [5.41, 5.74) is 10.0. The highest BCUT2D eigenvalue weighted by molar-refractivity contribution is 5.86. The van der Waals surface area contributed by atoms with Crippen LogP contribution in [0.2, 0.25) is 0 Å². The summed E-state index contributed by atoms with van der Waals surface area (Å²) in [4.78, 5) is 0. The van der Waals surface area contributed by atoms with Gasteiger partial charge in [-0.05, 0) is 30.0 Å². The molecule has 0 heterocycles. The minimum atomic E-state index is 0.792. The fourth-order valence-corrected chi connectivity index (χ4v) is 1.72. The van der Waals surface area contributed by atoms with Gasteiger partial charge in [-0.2, -0.15) is 0 Å². The highest BCUT2D eigenvalue weighted by Crippen LogP contribution is 2.24. The van der Waals surface area contributed by atoms with Gasteiger partial charge in [0.2, 0.25) is 0 Å². The third-order valence-corrected chi connectivity index (χ3v) is 2.39. The van der Waals surface area contributed by atoms with Crippen molar-refractivity contribution in [3.05, 3.63) is 29.3 Å². The fourth-order valence-electron chi connectivity index (χ4n) is 1.72. The van der Waals surface area contributed by atoms with Crippen molar-refractivity contribution in [3.63, 3.8) is 0 Å². The van der Waals surface area contributed by atoms with Gasteiger partial charge in [-0.15, -0.1) is 0 Å². The SMILES string of the molecule is N=C1CCc2c(N)cccc2C1. The van der Waals surface area contributed by atoms with Crippen molar-refractivity contribution in [2.45, 2.75) is 19.3 Å². The van der Waals surface area contributed by atoms with E-state index < -0.39 is 0 Å². The number of benzene rings is 1. The van der Waals surface area contributed by atoms with Crippen LogP contribution in [0.15, 0.2) is 18.2 Å². The zero-order valence-corrected chi connectivity index (χ0v) is 6.93. The maximum atomic E-state index is 7.55. The molecule has 2 heteroatoms. The smallest absolute Gasteiger partial charge is 0.0349 e. The molecule has 0 aromatic heterocycles. The molecule has 0 saturated heterocycles. The molecule has 2 nitrogen and oxygen atoms in total. The fraction of sp³-hybridized carbons (Fsp3) is 0.300. The van der Waals surface area contributed by atoms with Crippen LogP contribution in [0.4, 0.5) is 5.69 Å². The minimum absolute atomic E-state index is 0.792. The van der Waals surface area contributed by atoms with Crippen molar-refractivity contribution >= 4 is 11.4 Å². The summed E-state index contributed by atoms with van der Waals surface area (Å²) in [5.74, 6) is 0. The molecule has 2 rings (SSSR count). The number of rotatable bonds is 0. The van der Waals surface area contributed by atoms with Gasteiger partial charge in [0.1, 0.15) is 0 Å². The van der Waals surface area contributed by atoms with E-state index in [0.717, 1.165) is 30.7 Å². The quantitative estimate of drug-likeness (QED) is 0.558. The maximum absolute atomic E-state index is 7.55. The number of fused-ring (bicyclic) bond motifs is 1. The second-order valence-corrected chi connectivity index (χ2v) is 3.27. The van der Waals surface area contributed by atoms with E-state index in [1.807, 2.05) is 12.1 Å². The van der Waals surface area contributed by atoms with Crippen molar-refractivity contribution in [2.24, 2.45) is 0 Å². The summed E-state index contributed by atoms with van der Waals surface area (Å²) in [6.07, 6.45) is 2.61. The van der Waals surface area contributed by atoms with E-state index in [1.165, 1.54) is 11.1 Å². The van der Waals surface area contributed by atoms with Gasteiger partial charge in [0, 0.05) is 17.8 Å². The second-order valence-electron chi connectivity index (χ2n) is 3.27. The van der Waals surface area contributed by atoms with Crippen LogP contribution in [0.3, 0.4) is 0 Å². The lowest BCUT2D eigenvalue weighted by Crippen LogP contribution is -2.13. The molecule has 1 aromatic rings. The highest BCUT2D eigenvalue weighted by Gasteiger charge is 2.13. The first-order valence-corrected chi connectivity index (χ1v) is 4.20. The molecule has 0 saturated carbocycles. The number of hydrogen-bond donors (Lipinski definition) is 2. The summed E-state index contributed by atoms with van der Waals surface area (Å²) < 4.78 is 0. The summed E-state index contributed by atoms with van der Waals surface area (Å²) >= 11 is 0. The molecular weight excluding hydrogens is 148 g/mol. The predicted molar refractivity (Wildman–Crippen MR) is 50.6 cm³/mol. The molecule has 0 spiro atoms. The average Bonchev–Trinajstić information content (AvgIpc) is 2.04. The molecule has 12 heavy (non-hydrogen) atoms. The average molecular weight is 160 g/mol. The lowest BCUT2D eigenvalue weighted by molar-refractivity contribution is 0.942. The maximum Gasteiger partial charge on any atom is 0.0349 e. The van der Waals surface area contributed by atoms with Crippen LogP contribution in [-0.2, 0) is 12.8 Å². The van der Waals surface area contributed by atoms with E-state index in [0.29, 0.717) is 0 Å². The number of hydrogen-bond acceptors (Lipinski definition) is 2. The highest BCUT2D eigenvalue weighted by atomic mass is 14.6. The van der Waals surface area contributed by atoms with Gasteiger partial charge in [-0.3, -0.25) is 0 Å². The molecule has 3 N–H and O–H groups in total. The molecule has 1 aliphatic rings. The Hall–Kier alpha value is -1.31. The number of anilines is 1. The van der Waals surface area contributed by atoms with Gasteiger partial charge in [0.05, 0.1) is 0 Å². The van der Waals surface area contributed by atoms with Crippen LogP contribution < -0.4 is 5.73 Å². The third kappa shape index (κ3) is 1.09. The molecule has 1 aliphatic carbocycles. The molecule has 1 aromatic carbocycles. The zero-order chi connectivity index (χ0) is 8.55. The van der Waals surface area contributed by atoms with E-state index in [1.54, 1.807) is 0 Å². The van der Waals surface area contributed by atoms with Crippen LogP contribution in [0, 0.1) is 5.41 Å². The van der Waals surface area contributed by atoms with Crippen molar-refractivity contribution < 1.29 is 0 Å². The molecule has 0 radical (unpaired) electrons. The van der Waals surface area contributed by atoms with Crippen LogP contribution in [0.1, 0.15) is 17.5 Å². The Kier molecular flexibility index (Phi) is 1.61. The normalized spacial score (nSPS) is 15.8. The van der Waals surface area contributed by atoms with E-state index in [9.17, 15) is 0 Å². The van der Waals surface area contributed by atoms with Gasteiger partial charge in [-0.25, -0.2) is 0 Å². The Labute approximate surface area is 71.9 Å². The van der Waals surface area contributed by atoms with E-state index in [2.05, 4.69) is 6.07 Å². The Morgan fingerprint density at radius 3 is 2.92 bits per heavy atom. The van der Waals surface area contributed by atoms with Gasteiger partial charge < -0.3 is 11.1 Å². The van der Waals surface area contributed by atoms with Crippen molar-refractivity contribution in [1.29, 1.82) is 5.41 Å². The second kappa shape index (κ2) is 2.63. The van der Waals surface area contributed by atoms with Crippen LogP contribution in [0.5, 0.6) is 0 Å². The monoisotopic (exact) mass is 160 g/mol. The lowest BCUT2D eigenvalue weighted by Gasteiger charge is -2.17. The first-order chi connectivity index (χ1) is 5.77. The first-order valence-electron chi connectivity index (χ1n) is 4.20. The summed E-state index contributed by atoms with van der Waals surface area (Å²) in [6.45, 7) is 0. The molecule has 0 amide bonds. The number of nitrogens with one attached hydrogen (secondary N) is 1. The third-order valence-electron chi connectivity index (χ3n) is 2.39. The van der Waals surface area contributed by atoms with Gasteiger partial charge >= 0.3 is 0 Å². The van der Waals surface area contributed by atoms with E-state index in [4.69, 9.17) is 11.1 Å². The number of nitrogens with two attached hydrogens (primary N) is 1. The van der Waals surface area contributed by atoms with E-state index in [-0.39, 0.29) is 0 Å². The molecular formula is C10H12N2. The van der Waals surface area contributed by atoms with Gasteiger partial charge in [-0.1, -0.05) is 12.1 Å². The van der Waals surface area contributed by atoms with Gasteiger partial charge in [0.25, 0.3) is 0 Å². The predicted octanol–water partition coefficient (Wildman–Crippen LogP) is 1.78. The first kappa shape index (κ1) is 7.35. The summed E-state index contributed by atoms with van der Waals surface area (Å²) in [6, 6.07) is 5.97. The summed E-state index contributed by atoms with van der Waals surface area (Å²) in [7, 11) is 0. The molecule has 62 valence electrons. The van der Waals surface area contributed by atoms with E-state index >= 15 is 0 Å². The summed E-state index contributed by atoms with van der Waals surface area (Å²) in [5, 5.41) is 7.55. The molecule has 0 fully saturated rings. The minimum Gasteiger partial charge on any atom is -0.398 e. The molecule has 0 aliphatic heterocycles. The molecule has 0 unspecified atom stereocenters. The molecule has 0 bridgehead atoms. The van der Waals surface area contributed by atoms with Crippen LogP contribution >= 0.6 is 0 Å². The Morgan fingerprint density at radius 2 is 2.08 bits per heavy atom. The topological polar surface area (TPSA) is 49.9 Å².